The van der Waals surface area contributed by atoms with Crippen LogP contribution in [-0.4, -0.2) is 40.8 Å². The van der Waals surface area contributed by atoms with Crippen molar-refractivity contribution >= 4 is 49.3 Å². The number of hydrogen-bond donors (Lipinski definition) is 0. The number of hydrogen-bond acceptors (Lipinski definition) is 5. The molecule has 7 heteroatoms. The fourth-order valence-electron chi connectivity index (χ4n) is 7.33. The molecule has 4 rings (SSSR count). The van der Waals surface area contributed by atoms with Gasteiger partial charge in [0.2, 0.25) is 0 Å². The Kier molecular flexibility index (Phi) is 13.4. The number of allylic oxidation sites excluding steroid dienone is 2. The van der Waals surface area contributed by atoms with E-state index >= 15 is 0 Å². The lowest BCUT2D eigenvalue weighted by Crippen LogP contribution is -2.78. The van der Waals surface area contributed by atoms with Crippen molar-refractivity contribution in [1.29, 1.82) is 0 Å². The van der Waals surface area contributed by atoms with E-state index in [2.05, 4.69) is 161 Å². The van der Waals surface area contributed by atoms with Crippen LogP contribution in [-0.2, 0) is 23.2 Å². The quantitative estimate of drug-likeness (QED) is 0.0671. The Labute approximate surface area is 307 Å². The summed E-state index contributed by atoms with van der Waals surface area (Å²) in [7, 11) is -6.53. The maximum Gasteiger partial charge on any atom is 0.303 e. The van der Waals surface area contributed by atoms with Crippen LogP contribution in [0.4, 0.5) is 0 Å². The lowest BCUT2D eigenvalue weighted by Gasteiger charge is -2.55. The van der Waals surface area contributed by atoms with Crippen LogP contribution in [0, 0.1) is 0 Å². The molecule has 4 aromatic carbocycles. The molecule has 0 aromatic heterocycles. The summed E-state index contributed by atoms with van der Waals surface area (Å²) in [6.45, 7) is 16.0. The molecule has 0 radical (unpaired) electrons. The summed E-state index contributed by atoms with van der Waals surface area (Å²) < 4.78 is 19.5. The first-order chi connectivity index (χ1) is 24.2. The highest BCUT2D eigenvalue weighted by molar-refractivity contribution is 7.11. The fourth-order valence-corrected chi connectivity index (χ4v) is 20.5. The standard InChI is InChI=1S/C44H54O5Si2/c1-35(47-37(3)45)23-21-33-43(5,6)50(39-25-13-9-14-26-39,40-27-15-10-16-28-40)49-51(41-29-17-11-18-30-41,42-31-19-12-20-32-42)44(7,8)34-22-24-36(2)48-38(4)46/h9-32,35-36H,33-34H2,1-8H3. The molecule has 0 bridgehead atoms. The van der Waals surface area contributed by atoms with Gasteiger partial charge in [-0.15, -0.1) is 0 Å². The molecule has 0 amide bonds. The third kappa shape index (κ3) is 9.14. The van der Waals surface area contributed by atoms with E-state index in [0.717, 1.165) is 0 Å². The Balaban J connectivity index is 2.07. The number of carbonyl (C=O) groups excluding carboxylic acids is 2. The fraction of sp³-hybridized carbons (Fsp3) is 0.318. The summed E-state index contributed by atoms with van der Waals surface area (Å²) in [4.78, 5) is 23.5. The Bertz CT molecular complexity index is 1540. The van der Waals surface area contributed by atoms with Gasteiger partial charge in [0.05, 0.1) is 0 Å². The van der Waals surface area contributed by atoms with E-state index in [0.29, 0.717) is 12.8 Å². The molecule has 0 aliphatic carbocycles. The van der Waals surface area contributed by atoms with Crippen molar-refractivity contribution in [2.75, 3.05) is 0 Å². The summed E-state index contributed by atoms with van der Waals surface area (Å²) in [6.07, 6.45) is 8.99. The van der Waals surface area contributed by atoms with E-state index in [9.17, 15) is 9.59 Å². The molecule has 268 valence electrons. The highest BCUT2D eigenvalue weighted by atomic mass is 28.4. The van der Waals surface area contributed by atoms with Crippen LogP contribution in [0.5, 0.6) is 0 Å². The van der Waals surface area contributed by atoms with Gasteiger partial charge in [-0.1, -0.05) is 161 Å². The van der Waals surface area contributed by atoms with Gasteiger partial charge in [-0.05, 0) is 69.7 Å². The molecule has 0 saturated carbocycles. The molecule has 0 heterocycles. The van der Waals surface area contributed by atoms with Crippen molar-refractivity contribution in [2.24, 2.45) is 0 Å². The molecule has 2 atom stereocenters. The number of esters is 2. The maximum absolute atomic E-state index is 11.7. The highest BCUT2D eigenvalue weighted by Crippen LogP contribution is 2.48. The average molecular weight is 719 g/mol. The minimum Gasteiger partial charge on any atom is -0.459 e. The third-order valence-corrected chi connectivity index (χ3v) is 21.0. The van der Waals surface area contributed by atoms with Crippen LogP contribution in [0.25, 0.3) is 0 Å². The van der Waals surface area contributed by atoms with Gasteiger partial charge in [0.1, 0.15) is 12.2 Å². The summed E-state index contributed by atoms with van der Waals surface area (Å²) in [5, 5.41) is 4.00. The van der Waals surface area contributed by atoms with Crippen molar-refractivity contribution in [3.05, 3.63) is 146 Å². The van der Waals surface area contributed by atoms with Gasteiger partial charge in [0, 0.05) is 13.8 Å². The van der Waals surface area contributed by atoms with Crippen molar-refractivity contribution < 1.29 is 23.2 Å². The zero-order chi connectivity index (χ0) is 37.1. The Morgan fingerprint density at radius 3 is 1.02 bits per heavy atom. The monoisotopic (exact) mass is 718 g/mol. The number of carbonyl (C=O) groups is 2. The number of ether oxygens (including phenoxy) is 2. The van der Waals surface area contributed by atoms with Crippen LogP contribution in [0.3, 0.4) is 0 Å². The van der Waals surface area contributed by atoms with E-state index in [1.165, 1.54) is 34.6 Å². The third-order valence-electron chi connectivity index (χ3n) is 9.71. The normalized spacial score (nSPS) is 14.0. The average Bonchev–Trinajstić information content (AvgIpc) is 3.09. The van der Waals surface area contributed by atoms with Gasteiger partial charge in [0.25, 0.3) is 16.6 Å². The van der Waals surface area contributed by atoms with Gasteiger partial charge in [0.15, 0.2) is 0 Å². The van der Waals surface area contributed by atoms with E-state index in [1.807, 2.05) is 26.0 Å². The van der Waals surface area contributed by atoms with Crippen molar-refractivity contribution in [3.8, 4) is 0 Å². The SMILES string of the molecule is CC(=O)OC(C)C=CCC(C)(C)[Si](O[Si](c1ccccc1)(c1ccccc1)C(C)(C)CC=CC(C)OC(C)=O)(c1ccccc1)c1ccccc1. The van der Waals surface area contributed by atoms with Crippen LogP contribution in [0.2, 0.25) is 10.1 Å². The second kappa shape index (κ2) is 17.3. The molecule has 0 aliphatic heterocycles. The van der Waals surface area contributed by atoms with Gasteiger partial charge in [-0.2, -0.15) is 0 Å². The first kappa shape index (κ1) is 39.5. The first-order valence-corrected chi connectivity index (χ1v) is 21.7. The van der Waals surface area contributed by atoms with Crippen molar-refractivity contribution in [3.63, 3.8) is 0 Å². The van der Waals surface area contributed by atoms with Gasteiger partial charge in [-0.25, -0.2) is 0 Å². The Hall–Kier alpha value is -4.31. The molecule has 0 fully saturated rings. The molecule has 0 saturated heterocycles. The first-order valence-electron chi connectivity index (χ1n) is 17.9. The van der Waals surface area contributed by atoms with Crippen LogP contribution in [0.15, 0.2) is 146 Å². The molecule has 2 unspecified atom stereocenters. The molecule has 0 aliphatic rings. The second-order valence-electron chi connectivity index (χ2n) is 14.6. The lowest BCUT2D eigenvalue weighted by atomic mass is 10.1. The number of benzene rings is 4. The molecular weight excluding hydrogens is 665 g/mol. The summed E-state index contributed by atoms with van der Waals surface area (Å²) in [5.74, 6) is -0.598. The number of rotatable bonds is 16. The topological polar surface area (TPSA) is 61.8 Å². The van der Waals surface area contributed by atoms with E-state index in [4.69, 9.17) is 13.6 Å². The zero-order valence-electron chi connectivity index (χ0n) is 31.5. The zero-order valence-corrected chi connectivity index (χ0v) is 33.5. The molecule has 5 nitrogen and oxygen atoms in total. The predicted octanol–water partition coefficient (Wildman–Crippen LogP) is 7.88. The van der Waals surface area contributed by atoms with E-state index in [-0.39, 0.29) is 34.2 Å². The second-order valence-corrected chi connectivity index (χ2v) is 23.1. The van der Waals surface area contributed by atoms with Crippen LogP contribution < -0.4 is 20.7 Å². The van der Waals surface area contributed by atoms with Gasteiger partial charge in [-0.3, -0.25) is 9.59 Å². The molecule has 0 N–H and O–H groups in total. The smallest absolute Gasteiger partial charge is 0.303 e. The van der Waals surface area contributed by atoms with Crippen LogP contribution >= 0.6 is 0 Å². The van der Waals surface area contributed by atoms with Crippen molar-refractivity contribution in [2.45, 2.75) is 90.5 Å². The molecule has 4 aromatic rings. The highest BCUT2D eigenvalue weighted by Gasteiger charge is 2.61. The minimum atomic E-state index is -3.26. The largest absolute Gasteiger partial charge is 0.459 e. The Morgan fingerprint density at radius 2 is 0.784 bits per heavy atom. The predicted molar refractivity (Wildman–Crippen MR) is 215 cm³/mol. The van der Waals surface area contributed by atoms with Gasteiger partial charge >= 0.3 is 11.9 Å². The lowest BCUT2D eigenvalue weighted by molar-refractivity contribution is -0.144. The minimum absolute atomic E-state index is 0.299. The van der Waals surface area contributed by atoms with Gasteiger partial charge < -0.3 is 13.6 Å². The summed E-state index contributed by atoms with van der Waals surface area (Å²) in [5.41, 5.74) is 0. The Morgan fingerprint density at radius 1 is 0.529 bits per heavy atom. The van der Waals surface area contributed by atoms with E-state index < -0.39 is 16.6 Å². The maximum atomic E-state index is 11.7. The molecule has 0 spiro atoms. The summed E-state index contributed by atoms with van der Waals surface area (Å²) >= 11 is 0. The molecular formula is C44H54O5Si2. The van der Waals surface area contributed by atoms with Crippen molar-refractivity contribution in [1.82, 2.24) is 0 Å². The summed E-state index contributed by atoms with van der Waals surface area (Å²) in [6, 6.07) is 43.2. The van der Waals surface area contributed by atoms with E-state index in [1.54, 1.807) is 0 Å². The molecule has 51 heavy (non-hydrogen) atoms. The van der Waals surface area contributed by atoms with Crippen LogP contribution in [0.1, 0.15) is 68.2 Å².